The van der Waals surface area contributed by atoms with Gasteiger partial charge in [0.15, 0.2) is 0 Å². The number of hydrogen-bond acceptors (Lipinski definition) is 4. The molecular formula is C11H18N2O4Se. The van der Waals surface area contributed by atoms with Crippen LogP contribution in [0.5, 0.6) is 0 Å². The minimum absolute atomic E-state index is 0.149. The van der Waals surface area contributed by atoms with Crippen LogP contribution in [0.25, 0.3) is 0 Å². The maximum absolute atomic E-state index is 11.8. The zero-order chi connectivity index (χ0) is 14.1. The van der Waals surface area contributed by atoms with Gasteiger partial charge in [0.25, 0.3) is 0 Å². The number of rotatable bonds is 3. The number of methoxy groups -OCH3 is 1. The van der Waals surface area contributed by atoms with Gasteiger partial charge in [-0.1, -0.05) is 0 Å². The van der Waals surface area contributed by atoms with Crippen molar-refractivity contribution in [1.82, 2.24) is 4.90 Å². The Kier molecular flexibility index (Phi) is 4.40. The van der Waals surface area contributed by atoms with Gasteiger partial charge in [-0.2, -0.15) is 0 Å². The number of ether oxygens (including phenoxy) is 1. The first kappa shape index (κ1) is 15.0. The van der Waals surface area contributed by atoms with Crippen LogP contribution in [0, 0.1) is 5.41 Å². The number of nitrogens with two attached hydrogens (primary N) is 1. The number of carbonyl (C=O) groups is 3. The Morgan fingerprint density at radius 2 is 1.94 bits per heavy atom. The minimum atomic E-state index is -0.880. The van der Waals surface area contributed by atoms with Crippen molar-refractivity contribution in [1.29, 1.82) is 0 Å². The summed E-state index contributed by atoms with van der Waals surface area (Å²) in [6.07, 6.45) is 0.613. The molecule has 0 spiro atoms. The van der Waals surface area contributed by atoms with Crippen LogP contribution < -0.4 is 5.73 Å². The Bertz CT molecular complexity index is 367. The maximum atomic E-state index is 11.8. The van der Waals surface area contributed by atoms with Crippen molar-refractivity contribution in [3.63, 3.8) is 0 Å². The first-order valence-electron chi connectivity index (χ1n) is 5.49. The van der Waals surface area contributed by atoms with Gasteiger partial charge in [-0.3, -0.25) is 0 Å². The van der Waals surface area contributed by atoms with Gasteiger partial charge in [-0.15, -0.1) is 0 Å². The monoisotopic (exact) mass is 322 g/mol. The van der Waals surface area contributed by atoms with Gasteiger partial charge >= 0.3 is 112 Å². The Balaban J connectivity index is 3.14. The van der Waals surface area contributed by atoms with Crippen LogP contribution in [-0.2, 0) is 19.1 Å². The van der Waals surface area contributed by atoms with Gasteiger partial charge in [-0.05, 0) is 0 Å². The molecule has 102 valence electrons. The fourth-order valence-electron chi connectivity index (χ4n) is 1.95. The van der Waals surface area contributed by atoms with E-state index < -0.39 is 22.7 Å². The van der Waals surface area contributed by atoms with Crippen LogP contribution >= 0.6 is 0 Å². The van der Waals surface area contributed by atoms with Crippen molar-refractivity contribution in [3.05, 3.63) is 0 Å². The third-order valence-electron chi connectivity index (χ3n) is 2.74. The average molecular weight is 321 g/mol. The molecule has 1 rings (SSSR count). The molecule has 1 aliphatic heterocycles. The van der Waals surface area contributed by atoms with Gasteiger partial charge in [0.05, 0.1) is 0 Å². The van der Waals surface area contributed by atoms with Crippen molar-refractivity contribution in [2.45, 2.75) is 36.6 Å². The molecule has 0 aromatic rings. The molecule has 1 saturated heterocycles. The number of amides is 2. The van der Waals surface area contributed by atoms with Crippen LogP contribution in [-0.4, -0.2) is 56.2 Å². The van der Waals surface area contributed by atoms with Crippen molar-refractivity contribution in [3.8, 4) is 0 Å². The second kappa shape index (κ2) is 5.28. The predicted octanol–water partition coefficient (Wildman–Crippen LogP) is -0.650. The molecule has 1 fully saturated rings. The first-order chi connectivity index (χ1) is 8.23. The molecule has 18 heavy (non-hydrogen) atoms. The topological polar surface area (TPSA) is 89.7 Å². The summed E-state index contributed by atoms with van der Waals surface area (Å²) in [5.74, 6) is -1.14. The fraction of sp³-hybridized carbons (Fsp3) is 0.727. The number of carbonyl (C=O) groups excluding carboxylic acids is 3. The van der Waals surface area contributed by atoms with Crippen LogP contribution in [0.1, 0.15) is 20.8 Å². The fourth-order valence-corrected chi connectivity index (χ4v) is 5.18. The normalized spacial score (nSPS) is 28.0. The molecule has 0 aliphatic carbocycles. The molecule has 1 aliphatic rings. The van der Waals surface area contributed by atoms with E-state index in [1.165, 1.54) is 12.0 Å². The standard InChI is InChI=1S/C11H18N2O4Se/c1-11(2,3)10-13(5-14)6(9(16)17-4)7(18-10)8(12)15/h5-7,10H,1-4H3,(H2,12,15)/t6-,7-,10+/m0/s1. The summed E-state index contributed by atoms with van der Waals surface area (Å²) in [5.41, 5.74) is 5.12. The summed E-state index contributed by atoms with van der Waals surface area (Å²) in [5, 5.41) is 0. The summed E-state index contributed by atoms with van der Waals surface area (Å²) in [7, 11) is 1.24. The van der Waals surface area contributed by atoms with Gasteiger partial charge < -0.3 is 0 Å². The van der Waals surface area contributed by atoms with E-state index in [0.29, 0.717) is 6.41 Å². The van der Waals surface area contributed by atoms with Crippen LogP contribution in [0.15, 0.2) is 0 Å². The average Bonchev–Trinajstić information content (AvgIpc) is 2.66. The van der Waals surface area contributed by atoms with Gasteiger partial charge in [0, 0.05) is 0 Å². The van der Waals surface area contributed by atoms with E-state index in [0.717, 1.165) is 0 Å². The molecule has 2 N–H and O–H groups in total. The molecule has 0 bridgehead atoms. The van der Waals surface area contributed by atoms with E-state index >= 15 is 0 Å². The van der Waals surface area contributed by atoms with Gasteiger partial charge in [-0.25, -0.2) is 0 Å². The SMILES string of the molecule is COC(=O)[C@@H]1[C@@H](C(N)=O)[Se][C@H](C(C)(C)C)N1C=O. The zero-order valence-electron chi connectivity index (χ0n) is 10.9. The molecule has 1 heterocycles. The molecule has 3 atom stereocenters. The van der Waals surface area contributed by atoms with Crippen LogP contribution in [0.3, 0.4) is 0 Å². The van der Waals surface area contributed by atoms with E-state index in [9.17, 15) is 14.4 Å². The second-order valence-corrected chi connectivity index (χ2v) is 7.77. The number of nitrogens with zero attached hydrogens (tertiary/aromatic N) is 1. The summed E-state index contributed by atoms with van der Waals surface area (Å²) in [6, 6.07) is -0.880. The molecular weight excluding hydrogens is 303 g/mol. The number of primary amides is 1. The van der Waals surface area contributed by atoms with Crippen molar-refractivity contribution in [2.75, 3.05) is 7.11 Å². The van der Waals surface area contributed by atoms with Crippen molar-refractivity contribution in [2.24, 2.45) is 11.1 Å². The third-order valence-corrected chi connectivity index (χ3v) is 6.92. The van der Waals surface area contributed by atoms with E-state index in [1.54, 1.807) is 0 Å². The molecule has 6 nitrogen and oxygen atoms in total. The Hall–Kier alpha value is -1.07. The number of esters is 1. The van der Waals surface area contributed by atoms with Crippen LogP contribution in [0.2, 0.25) is 4.82 Å². The van der Waals surface area contributed by atoms with Crippen LogP contribution in [0.4, 0.5) is 0 Å². The second-order valence-electron chi connectivity index (χ2n) is 5.20. The van der Waals surface area contributed by atoms with Crippen molar-refractivity contribution >= 4 is 33.2 Å². The first-order valence-corrected chi connectivity index (χ1v) is 7.47. The Morgan fingerprint density at radius 3 is 2.28 bits per heavy atom. The summed E-state index contributed by atoms with van der Waals surface area (Å²) in [6.45, 7) is 5.90. The van der Waals surface area contributed by atoms with Gasteiger partial charge in [0.2, 0.25) is 0 Å². The van der Waals surface area contributed by atoms with E-state index in [1.807, 2.05) is 20.8 Å². The molecule has 0 radical (unpaired) electrons. The third kappa shape index (κ3) is 2.67. The molecule has 0 aromatic carbocycles. The van der Waals surface area contributed by atoms with E-state index in [-0.39, 0.29) is 25.3 Å². The Morgan fingerprint density at radius 1 is 1.39 bits per heavy atom. The predicted molar refractivity (Wildman–Crippen MR) is 65.6 cm³/mol. The van der Waals surface area contributed by atoms with Gasteiger partial charge in [0.1, 0.15) is 0 Å². The van der Waals surface area contributed by atoms with E-state index in [2.05, 4.69) is 4.74 Å². The molecule has 0 unspecified atom stereocenters. The number of hydrogen-bond donors (Lipinski definition) is 1. The zero-order valence-corrected chi connectivity index (χ0v) is 12.6. The molecule has 2 amide bonds. The molecule has 0 saturated carbocycles. The molecule has 7 heteroatoms. The quantitative estimate of drug-likeness (QED) is 0.425. The summed E-state index contributed by atoms with van der Waals surface area (Å²) in [4.78, 5) is 35.1. The molecule has 0 aromatic heterocycles. The summed E-state index contributed by atoms with van der Waals surface area (Å²) < 4.78 is 4.67. The summed E-state index contributed by atoms with van der Waals surface area (Å²) >= 11 is -0.246. The Labute approximate surface area is 112 Å². The van der Waals surface area contributed by atoms with Crippen molar-refractivity contribution < 1.29 is 19.1 Å². The van der Waals surface area contributed by atoms with E-state index in [4.69, 9.17) is 5.73 Å².